The van der Waals surface area contributed by atoms with Crippen LogP contribution in [0.15, 0.2) is 47.4 Å². The summed E-state index contributed by atoms with van der Waals surface area (Å²) in [5, 5.41) is 9.09. The molecule has 0 aromatic heterocycles. The van der Waals surface area contributed by atoms with Gasteiger partial charge in [0, 0.05) is 12.1 Å². The van der Waals surface area contributed by atoms with Crippen LogP contribution in [0.25, 0.3) is 0 Å². The van der Waals surface area contributed by atoms with Gasteiger partial charge in [0.25, 0.3) is 0 Å². The first kappa shape index (κ1) is 15.9. The van der Waals surface area contributed by atoms with Crippen molar-refractivity contribution in [1.82, 2.24) is 4.72 Å². The number of hydrogen-bond acceptors (Lipinski definition) is 3. The van der Waals surface area contributed by atoms with Crippen LogP contribution in [0.4, 0.5) is 4.39 Å². The summed E-state index contributed by atoms with van der Waals surface area (Å²) in [5.41, 5.74) is 0.654. The zero-order chi connectivity index (χ0) is 15.5. The number of nitrogens with one attached hydrogen (secondary N) is 1. The van der Waals surface area contributed by atoms with Crippen molar-refractivity contribution in [3.63, 3.8) is 0 Å². The molecular formula is C14H13ClFNO3S. The van der Waals surface area contributed by atoms with E-state index in [2.05, 4.69) is 4.72 Å². The molecule has 0 spiro atoms. The van der Waals surface area contributed by atoms with Crippen LogP contribution in [0, 0.1) is 5.82 Å². The van der Waals surface area contributed by atoms with Gasteiger partial charge in [-0.15, -0.1) is 0 Å². The number of aliphatic hydroxyl groups is 1. The van der Waals surface area contributed by atoms with E-state index in [-0.39, 0.29) is 28.6 Å². The van der Waals surface area contributed by atoms with Crippen LogP contribution in [0.5, 0.6) is 0 Å². The average molecular weight is 330 g/mol. The van der Waals surface area contributed by atoms with Crippen LogP contribution < -0.4 is 4.72 Å². The molecule has 0 amide bonds. The third kappa shape index (κ3) is 3.79. The Morgan fingerprint density at radius 2 is 1.90 bits per heavy atom. The van der Waals surface area contributed by atoms with Gasteiger partial charge in [-0.2, -0.15) is 0 Å². The van der Waals surface area contributed by atoms with Crippen molar-refractivity contribution in [2.75, 3.05) is 0 Å². The fourth-order valence-corrected chi connectivity index (χ4v) is 3.30. The molecule has 0 bridgehead atoms. The van der Waals surface area contributed by atoms with Crippen LogP contribution in [0.1, 0.15) is 11.1 Å². The molecule has 0 heterocycles. The molecule has 0 aliphatic carbocycles. The molecule has 2 aromatic carbocycles. The molecule has 112 valence electrons. The van der Waals surface area contributed by atoms with Crippen molar-refractivity contribution in [2.24, 2.45) is 0 Å². The fourth-order valence-electron chi connectivity index (χ4n) is 1.74. The molecule has 2 N–H and O–H groups in total. The number of sulfonamides is 1. The molecule has 0 saturated heterocycles. The molecule has 0 unspecified atom stereocenters. The minimum absolute atomic E-state index is 0.0354. The molecule has 0 fully saturated rings. The molecular weight excluding hydrogens is 317 g/mol. The largest absolute Gasteiger partial charge is 0.392 e. The van der Waals surface area contributed by atoms with E-state index in [4.69, 9.17) is 16.7 Å². The van der Waals surface area contributed by atoms with Crippen molar-refractivity contribution >= 4 is 21.6 Å². The van der Waals surface area contributed by atoms with Gasteiger partial charge in [-0.25, -0.2) is 17.5 Å². The number of halogens is 2. The summed E-state index contributed by atoms with van der Waals surface area (Å²) < 4.78 is 40.2. The molecule has 21 heavy (non-hydrogen) atoms. The van der Waals surface area contributed by atoms with E-state index < -0.39 is 15.8 Å². The zero-order valence-electron chi connectivity index (χ0n) is 10.9. The standard InChI is InChI=1S/C14H13ClFNO3S/c15-12-6-5-10(9-18)7-14(12)21(19,20)17-8-11-3-1-2-4-13(11)16/h1-7,17-18H,8-9H2. The Morgan fingerprint density at radius 1 is 1.19 bits per heavy atom. The van der Waals surface area contributed by atoms with Gasteiger partial charge in [-0.3, -0.25) is 0 Å². The van der Waals surface area contributed by atoms with Crippen LogP contribution in [0.3, 0.4) is 0 Å². The second-order valence-electron chi connectivity index (χ2n) is 4.34. The molecule has 0 aliphatic rings. The monoisotopic (exact) mass is 329 g/mol. The maximum atomic E-state index is 13.5. The van der Waals surface area contributed by atoms with Gasteiger partial charge < -0.3 is 5.11 Å². The molecule has 2 rings (SSSR count). The second-order valence-corrected chi connectivity index (χ2v) is 6.48. The summed E-state index contributed by atoms with van der Waals surface area (Å²) in [6.45, 7) is -0.484. The third-order valence-electron chi connectivity index (χ3n) is 2.88. The molecule has 0 radical (unpaired) electrons. The molecule has 0 saturated carbocycles. The van der Waals surface area contributed by atoms with Crippen LogP contribution in [-0.4, -0.2) is 13.5 Å². The SMILES string of the molecule is O=S(=O)(NCc1ccccc1F)c1cc(CO)ccc1Cl. The smallest absolute Gasteiger partial charge is 0.242 e. The summed E-state index contributed by atoms with van der Waals surface area (Å²) in [5.74, 6) is -0.490. The van der Waals surface area contributed by atoms with Gasteiger partial charge in [0.05, 0.1) is 11.6 Å². The average Bonchev–Trinajstić information content (AvgIpc) is 2.47. The Labute approximate surface area is 127 Å². The minimum atomic E-state index is -3.90. The first-order valence-corrected chi connectivity index (χ1v) is 7.92. The van der Waals surface area contributed by atoms with Crippen molar-refractivity contribution in [3.05, 3.63) is 64.4 Å². The Kier molecular flexibility index (Phi) is 4.95. The number of hydrogen-bond donors (Lipinski definition) is 2. The van der Waals surface area contributed by atoms with E-state index >= 15 is 0 Å². The highest BCUT2D eigenvalue weighted by Gasteiger charge is 2.18. The summed E-state index contributed by atoms with van der Waals surface area (Å²) >= 11 is 5.88. The highest BCUT2D eigenvalue weighted by molar-refractivity contribution is 7.89. The lowest BCUT2D eigenvalue weighted by Gasteiger charge is -2.10. The highest BCUT2D eigenvalue weighted by Crippen LogP contribution is 2.23. The first-order valence-electron chi connectivity index (χ1n) is 6.06. The fraction of sp³-hybridized carbons (Fsp3) is 0.143. The Morgan fingerprint density at radius 3 is 2.57 bits per heavy atom. The first-order chi connectivity index (χ1) is 9.94. The number of benzene rings is 2. The summed E-state index contributed by atoms with van der Waals surface area (Å²) in [7, 11) is -3.90. The van der Waals surface area contributed by atoms with E-state index in [1.807, 2.05) is 0 Å². The highest BCUT2D eigenvalue weighted by atomic mass is 35.5. The lowest BCUT2D eigenvalue weighted by atomic mass is 10.2. The van der Waals surface area contributed by atoms with Crippen molar-refractivity contribution < 1.29 is 17.9 Å². The van der Waals surface area contributed by atoms with Gasteiger partial charge in [0.1, 0.15) is 10.7 Å². The lowest BCUT2D eigenvalue weighted by molar-refractivity contribution is 0.281. The molecule has 0 aliphatic heterocycles. The predicted octanol–water partition coefficient (Wildman–Crippen LogP) is 2.45. The Balaban J connectivity index is 2.25. The topological polar surface area (TPSA) is 66.4 Å². The molecule has 0 atom stereocenters. The lowest BCUT2D eigenvalue weighted by Crippen LogP contribution is -2.24. The summed E-state index contributed by atoms with van der Waals surface area (Å²) in [6.07, 6.45) is 0. The van der Waals surface area contributed by atoms with Gasteiger partial charge >= 0.3 is 0 Å². The molecule has 2 aromatic rings. The molecule has 7 heteroatoms. The van der Waals surface area contributed by atoms with E-state index in [0.717, 1.165) is 0 Å². The van der Waals surface area contributed by atoms with Crippen LogP contribution in [0.2, 0.25) is 5.02 Å². The van der Waals surface area contributed by atoms with Crippen LogP contribution >= 0.6 is 11.6 Å². The summed E-state index contributed by atoms with van der Waals surface area (Å²) in [4.78, 5) is -0.146. The maximum absolute atomic E-state index is 13.5. The maximum Gasteiger partial charge on any atom is 0.242 e. The Hall–Kier alpha value is -1.47. The van der Waals surface area contributed by atoms with Gasteiger partial charge in [0.2, 0.25) is 10.0 Å². The van der Waals surface area contributed by atoms with E-state index in [1.54, 1.807) is 6.07 Å². The van der Waals surface area contributed by atoms with Crippen molar-refractivity contribution in [1.29, 1.82) is 0 Å². The van der Waals surface area contributed by atoms with Gasteiger partial charge in [0.15, 0.2) is 0 Å². The Bertz CT molecular complexity index is 750. The predicted molar refractivity (Wildman–Crippen MR) is 77.8 cm³/mol. The van der Waals surface area contributed by atoms with E-state index in [9.17, 15) is 12.8 Å². The number of aliphatic hydroxyl groups excluding tert-OH is 1. The molecule has 4 nitrogen and oxygen atoms in total. The van der Waals surface area contributed by atoms with E-state index in [1.165, 1.54) is 36.4 Å². The summed E-state index contributed by atoms with van der Waals surface area (Å²) in [6, 6.07) is 10.1. The minimum Gasteiger partial charge on any atom is -0.392 e. The van der Waals surface area contributed by atoms with Crippen molar-refractivity contribution in [3.8, 4) is 0 Å². The number of rotatable bonds is 5. The quantitative estimate of drug-likeness (QED) is 0.885. The van der Waals surface area contributed by atoms with Crippen LogP contribution in [-0.2, 0) is 23.2 Å². The second kappa shape index (κ2) is 6.53. The van der Waals surface area contributed by atoms with Gasteiger partial charge in [-0.05, 0) is 23.8 Å². The van der Waals surface area contributed by atoms with Crippen molar-refractivity contribution in [2.45, 2.75) is 18.0 Å². The van der Waals surface area contributed by atoms with E-state index in [0.29, 0.717) is 5.56 Å². The van der Waals surface area contributed by atoms with Gasteiger partial charge in [-0.1, -0.05) is 35.9 Å². The zero-order valence-corrected chi connectivity index (χ0v) is 12.5. The normalized spacial score (nSPS) is 11.6. The third-order valence-corrected chi connectivity index (χ3v) is 4.76.